The van der Waals surface area contributed by atoms with E-state index in [1.54, 1.807) is 0 Å². The van der Waals surface area contributed by atoms with E-state index in [0.29, 0.717) is 12.0 Å². The molecule has 2 aliphatic rings. The molecule has 2 aliphatic carbocycles. The molecule has 0 aromatic carbocycles. The van der Waals surface area contributed by atoms with Gasteiger partial charge in [-0.2, -0.15) is 0 Å². The van der Waals surface area contributed by atoms with Gasteiger partial charge in [-0.3, -0.25) is 0 Å². The lowest BCUT2D eigenvalue weighted by Gasteiger charge is -2.36. The molecule has 3 atom stereocenters. The van der Waals surface area contributed by atoms with Crippen LogP contribution in [0.5, 0.6) is 0 Å². The first-order valence-corrected chi connectivity index (χ1v) is 9.83. The molecule has 0 radical (unpaired) electrons. The molecule has 22 heavy (non-hydrogen) atoms. The molecule has 3 unspecified atom stereocenters. The fourth-order valence-electron chi connectivity index (χ4n) is 3.16. The molecule has 0 aromatic heterocycles. The van der Waals surface area contributed by atoms with E-state index in [-0.39, 0.29) is 0 Å². The van der Waals surface area contributed by atoms with E-state index in [1.807, 2.05) is 11.8 Å². The first kappa shape index (κ1) is 17.7. The quantitative estimate of drug-likeness (QED) is 0.567. The minimum Gasteiger partial charge on any atom is -0.386 e. The molecule has 0 saturated heterocycles. The second kappa shape index (κ2) is 8.29. The van der Waals surface area contributed by atoms with Gasteiger partial charge in [0.2, 0.25) is 0 Å². The highest BCUT2D eigenvalue weighted by Crippen LogP contribution is 2.39. The number of thioether (sulfide) groups is 1. The van der Waals surface area contributed by atoms with Crippen LogP contribution in [0.4, 0.5) is 0 Å². The molecule has 2 fully saturated rings. The molecule has 2 heteroatoms. The standard InChI is InChI=1S/C20H33NS/c1-6-14(2)13-22-17(5)19-10-7-15(3)20(12-19)21-16(4)11-18-8-9-18/h13,15,18-21H,4-12H2,1-3H3/b14-13+. The molecule has 124 valence electrons. The van der Waals surface area contributed by atoms with Crippen molar-refractivity contribution in [3.63, 3.8) is 0 Å². The molecule has 1 nitrogen and oxygen atoms in total. The Kier molecular flexibility index (Phi) is 6.67. The van der Waals surface area contributed by atoms with Crippen molar-refractivity contribution in [3.8, 4) is 0 Å². The Hall–Kier alpha value is -0.630. The Balaban J connectivity index is 1.83. The number of nitrogens with one attached hydrogen (secondary N) is 1. The number of rotatable bonds is 8. The van der Waals surface area contributed by atoms with Gasteiger partial charge in [-0.25, -0.2) is 0 Å². The SMILES string of the molecule is C=C(CC1CC1)NC1CC(C(=C)S/C=C(\C)CC)CCC1C. The van der Waals surface area contributed by atoms with Crippen LogP contribution in [-0.2, 0) is 0 Å². The summed E-state index contributed by atoms with van der Waals surface area (Å²) < 4.78 is 0. The smallest absolute Gasteiger partial charge is 0.0289 e. The molecule has 0 amide bonds. The van der Waals surface area contributed by atoms with E-state index in [2.05, 4.69) is 44.7 Å². The fraction of sp³-hybridized carbons (Fsp3) is 0.700. The van der Waals surface area contributed by atoms with E-state index in [4.69, 9.17) is 0 Å². The lowest BCUT2D eigenvalue weighted by atomic mass is 9.79. The van der Waals surface area contributed by atoms with Gasteiger partial charge in [0.25, 0.3) is 0 Å². The molecule has 0 heterocycles. The van der Waals surface area contributed by atoms with Gasteiger partial charge in [-0.15, -0.1) is 11.8 Å². The first-order valence-electron chi connectivity index (χ1n) is 8.95. The van der Waals surface area contributed by atoms with Gasteiger partial charge in [0.1, 0.15) is 0 Å². The molecular formula is C20H33NS. The zero-order chi connectivity index (χ0) is 16.1. The summed E-state index contributed by atoms with van der Waals surface area (Å²) >= 11 is 1.85. The van der Waals surface area contributed by atoms with Gasteiger partial charge >= 0.3 is 0 Å². The average molecular weight is 320 g/mol. The summed E-state index contributed by atoms with van der Waals surface area (Å²) in [6, 6.07) is 0.582. The largest absolute Gasteiger partial charge is 0.386 e. The highest BCUT2D eigenvalue weighted by Gasteiger charge is 2.30. The van der Waals surface area contributed by atoms with Crippen LogP contribution in [0.2, 0.25) is 0 Å². The zero-order valence-corrected chi connectivity index (χ0v) is 15.5. The maximum atomic E-state index is 4.35. The van der Waals surface area contributed by atoms with Crippen molar-refractivity contribution >= 4 is 11.8 Å². The van der Waals surface area contributed by atoms with Crippen LogP contribution in [0.1, 0.15) is 65.7 Å². The minimum atomic E-state index is 0.582. The van der Waals surface area contributed by atoms with Crippen molar-refractivity contribution in [3.05, 3.63) is 34.7 Å². The lowest BCUT2D eigenvalue weighted by Crippen LogP contribution is -2.39. The Morgan fingerprint density at radius 3 is 2.59 bits per heavy atom. The molecule has 0 aliphatic heterocycles. The molecule has 2 saturated carbocycles. The third-order valence-electron chi connectivity index (χ3n) is 5.24. The zero-order valence-electron chi connectivity index (χ0n) is 14.7. The van der Waals surface area contributed by atoms with Gasteiger partial charge in [0.05, 0.1) is 0 Å². The maximum Gasteiger partial charge on any atom is 0.0289 e. The van der Waals surface area contributed by atoms with Crippen molar-refractivity contribution in [1.82, 2.24) is 5.32 Å². The Morgan fingerprint density at radius 1 is 1.23 bits per heavy atom. The lowest BCUT2D eigenvalue weighted by molar-refractivity contribution is 0.253. The van der Waals surface area contributed by atoms with Gasteiger partial charge in [0.15, 0.2) is 0 Å². The monoisotopic (exact) mass is 319 g/mol. The van der Waals surface area contributed by atoms with Crippen molar-refractivity contribution < 1.29 is 0 Å². The fourth-order valence-corrected chi connectivity index (χ4v) is 4.09. The summed E-state index contributed by atoms with van der Waals surface area (Å²) in [5.74, 6) is 2.31. The van der Waals surface area contributed by atoms with Gasteiger partial charge in [0, 0.05) is 11.7 Å². The third-order valence-corrected chi connectivity index (χ3v) is 6.40. The van der Waals surface area contributed by atoms with E-state index < -0.39 is 0 Å². The highest BCUT2D eigenvalue weighted by atomic mass is 32.2. The van der Waals surface area contributed by atoms with Crippen molar-refractivity contribution in [2.75, 3.05) is 0 Å². The normalized spacial score (nSPS) is 29.2. The predicted molar refractivity (Wildman–Crippen MR) is 101 cm³/mol. The summed E-state index contributed by atoms with van der Waals surface area (Å²) in [6.45, 7) is 15.4. The minimum absolute atomic E-state index is 0.582. The molecule has 0 bridgehead atoms. The van der Waals surface area contributed by atoms with Gasteiger partial charge in [-0.05, 0) is 79.9 Å². The summed E-state index contributed by atoms with van der Waals surface area (Å²) in [7, 11) is 0. The Bertz CT molecular complexity index is 433. The maximum absolute atomic E-state index is 4.35. The van der Waals surface area contributed by atoms with E-state index in [9.17, 15) is 0 Å². The van der Waals surface area contributed by atoms with Crippen LogP contribution in [0, 0.1) is 17.8 Å². The number of hydrogen-bond acceptors (Lipinski definition) is 2. The summed E-state index contributed by atoms with van der Waals surface area (Å²) in [5.41, 5.74) is 2.71. The highest BCUT2D eigenvalue weighted by molar-refractivity contribution is 8.05. The van der Waals surface area contributed by atoms with Crippen LogP contribution in [0.15, 0.2) is 34.7 Å². The van der Waals surface area contributed by atoms with Crippen molar-refractivity contribution in [2.24, 2.45) is 17.8 Å². The Labute approximate surface area is 141 Å². The second-order valence-electron chi connectivity index (χ2n) is 7.39. The summed E-state index contributed by atoms with van der Waals surface area (Å²) in [4.78, 5) is 1.35. The predicted octanol–water partition coefficient (Wildman–Crippen LogP) is 6.26. The second-order valence-corrected chi connectivity index (χ2v) is 8.39. The number of allylic oxidation sites excluding steroid dienone is 3. The van der Waals surface area contributed by atoms with E-state index >= 15 is 0 Å². The number of hydrogen-bond donors (Lipinski definition) is 1. The summed E-state index contributed by atoms with van der Waals surface area (Å²) in [6.07, 6.45) is 8.93. The summed E-state index contributed by atoms with van der Waals surface area (Å²) in [5, 5.41) is 6.03. The van der Waals surface area contributed by atoms with Crippen LogP contribution < -0.4 is 5.32 Å². The van der Waals surface area contributed by atoms with E-state index in [0.717, 1.165) is 18.3 Å². The van der Waals surface area contributed by atoms with Crippen molar-refractivity contribution in [2.45, 2.75) is 71.8 Å². The molecule has 0 aromatic rings. The molecule has 2 rings (SSSR count). The van der Waals surface area contributed by atoms with Crippen molar-refractivity contribution in [1.29, 1.82) is 0 Å². The Morgan fingerprint density at radius 2 is 1.95 bits per heavy atom. The molecular weight excluding hydrogens is 286 g/mol. The van der Waals surface area contributed by atoms with Crippen LogP contribution >= 0.6 is 11.8 Å². The topological polar surface area (TPSA) is 12.0 Å². The molecule has 0 spiro atoms. The van der Waals surface area contributed by atoms with Crippen LogP contribution in [0.25, 0.3) is 0 Å². The third kappa shape index (κ3) is 5.53. The van der Waals surface area contributed by atoms with Crippen LogP contribution in [-0.4, -0.2) is 6.04 Å². The molecule has 1 N–H and O–H groups in total. The van der Waals surface area contributed by atoms with Gasteiger partial charge in [-0.1, -0.05) is 32.6 Å². The van der Waals surface area contributed by atoms with Crippen LogP contribution in [0.3, 0.4) is 0 Å². The average Bonchev–Trinajstić information content (AvgIpc) is 3.30. The van der Waals surface area contributed by atoms with E-state index in [1.165, 1.54) is 54.7 Å². The van der Waals surface area contributed by atoms with Gasteiger partial charge < -0.3 is 5.32 Å². The first-order chi connectivity index (χ1) is 10.5.